The summed E-state index contributed by atoms with van der Waals surface area (Å²) >= 11 is 0. The molecular weight excluding hydrogens is 362 g/mol. The molecule has 0 aliphatic rings. The maximum absolute atomic E-state index is 12.5. The molecule has 142 valence electrons. The Morgan fingerprint density at radius 2 is 1.48 bits per heavy atom. The van der Waals surface area contributed by atoms with Crippen molar-refractivity contribution < 1.29 is 4.42 Å². The Balaban J connectivity index is 1.51. The monoisotopic (exact) mass is 381 g/mol. The van der Waals surface area contributed by atoms with Gasteiger partial charge in [-0.15, -0.1) is 0 Å². The van der Waals surface area contributed by atoms with Crippen LogP contribution in [0.25, 0.3) is 22.1 Å². The molecule has 5 rings (SSSR count). The minimum atomic E-state index is -0.265. The number of H-pyrrole nitrogens is 1. The van der Waals surface area contributed by atoms with Crippen LogP contribution in [0.1, 0.15) is 23.0 Å². The summed E-state index contributed by atoms with van der Waals surface area (Å²) in [6.45, 7) is 0.416. The van der Waals surface area contributed by atoms with Crippen molar-refractivity contribution in [3.8, 4) is 0 Å². The average molecular weight is 381 g/mol. The van der Waals surface area contributed by atoms with Crippen molar-refractivity contribution in [1.29, 1.82) is 0 Å². The van der Waals surface area contributed by atoms with Crippen molar-refractivity contribution in [1.82, 2.24) is 15.3 Å². The van der Waals surface area contributed by atoms with E-state index in [0.29, 0.717) is 23.5 Å². The minimum absolute atomic E-state index is 0.0144. The van der Waals surface area contributed by atoms with Gasteiger partial charge in [0.05, 0.1) is 12.6 Å². The van der Waals surface area contributed by atoms with Gasteiger partial charge in [-0.05, 0) is 23.3 Å². The van der Waals surface area contributed by atoms with Gasteiger partial charge in [0.2, 0.25) is 5.58 Å². The molecule has 29 heavy (non-hydrogen) atoms. The second-order valence-corrected chi connectivity index (χ2v) is 6.92. The number of nitrogens with zero attached hydrogens (tertiary/aromatic N) is 1. The predicted molar refractivity (Wildman–Crippen MR) is 114 cm³/mol. The molecule has 0 radical (unpaired) electrons. The van der Waals surface area contributed by atoms with Crippen molar-refractivity contribution in [2.45, 2.75) is 12.6 Å². The van der Waals surface area contributed by atoms with Crippen LogP contribution in [0.3, 0.4) is 0 Å². The summed E-state index contributed by atoms with van der Waals surface area (Å²) in [6, 6.07) is 28.0. The zero-order chi connectivity index (χ0) is 19.6. The number of benzene rings is 3. The Bertz CT molecular complexity index is 1280. The van der Waals surface area contributed by atoms with Crippen LogP contribution in [-0.2, 0) is 6.54 Å². The third kappa shape index (κ3) is 3.32. The largest absolute Gasteiger partial charge is 0.449 e. The molecule has 5 aromatic rings. The molecule has 0 saturated carbocycles. The third-order valence-electron chi connectivity index (χ3n) is 5.02. The molecule has 0 saturated heterocycles. The first-order valence-electron chi connectivity index (χ1n) is 9.53. The highest BCUT2D eigenvalue weighted by Crippen LogP contribution is 2.25. The maximum atomic E-state index is 12.5. The molecule has 0 fully saturated rings. The van der Waals surface area contributed by atoms with Gasteiger partial charge < -0.3 is 9.40 Å². The number of furan rings is 1. The summed E-state index contributed by atoms with van der Waals surface area (Å²) in [5, 5.41) is 4.38. The number of hydrogen-bond acceptors (Lipinski definition) is 4. The van der Waals surface area contributed by atoms with Crippen LogP contribution >= 0.6 is 0 Å². The van der Waals surface area contributed by atoms with E-state index in [1.165, 1.54) is 0 Å². The molecule has 5 heteroatoms. The van der Waals surface area contributed by atoms with Gasteiger partial charge >= 0.3 is 0 Å². The van der Waals surface area contributed by atoms with Crippen LogP contribution in [-0.4, -0.2) is 9.97 Å². The number of fused-ring (bicyclic) bond motifs is 3. The smallest absolute Gasteiger partial charge is 0.294 e. The molecule has 5 nitrogen and oxygen atoms in total. The van der Waals surface area contributed by atoms with Gasteiger partial charge in [0.25, 0.3) is 5.56 Å². The van der Waals surface area contributed by atoms with Gasteiger partial charge in [-0.25, -0.2) is 4.98 Å². The molecule has 0 atom stereocenters. The lowest BCUT2D eigenvalue weighted by atomic mass is 9.99. The van der Waals surface area contributed by atoms with E-state index in [1.54, 1.807) is 0 Å². The molecule has 0 bridgehead atoms. The first-order chi connectivity index (χ1) is 14.3. The second kappa shape index (κ2) is 7.37. The fourth-order valence-corrected chi connectivity index (χ4v) is 3.65. The molecule has 2 heterocycles. The first kappa shape index (κ1) is 17.4. The summed E-state index contributed by atoms with van der Waals surface area (Å²) in [5.41, 5.74) is 3.55. The summed E-state index contributed by atoms with van der Waals surface area (Å²) in [4.78, 5) is 20.1. The van der Waals surface area contributed by atoms with Crippen molar-refractivity contribution in [3.63, 3.8) is 0 Å². The maximum Gasteiger partial charge on any atom is 0.294 e. The number of nitrogens with one attached hydrogen (secondary N) is 2. The van der Waals surface area contributed by atoms with E-state index in [0.717, 1.165) is 16.5 Å². The topological polar surface area (TPSA) is 70.9 Å². The third-order valence-corrected chi connectivity index (χ3v) is 5.02. The lowest BCUT2D eigenvalue weighted by Gasteiger charge is -2.19. The zero-order valence-electron chi connectivity index (χ0n) is 15.6. The number of aromatic amines is 1. The highest BCUT2D eigenvalue weighted by molar-refractivity contribution is 6.01. The van der Waals surface area contributed by atoms with Gasteiger partial charge in [0, 0.05) is 5.39 Å². The average Bonchev–Trinajstić information content (AvgIpc) is 3.15. The fourth-order valence-electron chi connectivity index (χ4n) is 3.65. The predicted octanol–water partition coefficient (Wildman–Crippen LogP) is 4.55. The Morgan fingerprint density at radius 1 is 0.862 bits per heavy atom. The van der Waals surface area contributed by atoms with Crippen molar-refractivity contribution in [3.05, 3.63) is 112 Å². The highest BCUT2D eigenvalue weighted by atomic mass is 16.3. The number of rotatable bonds is 5. The van der Waals surface area contributed by atoms with Gasteiger partial charge in [-0.3, -0.25) is 10.1 Å². The van der Waals surface area contributed by atoms with Crippen molar-refractivity contribution in [2.75, 3.05) is 0 Å². The van der Waals surface area contributed by atoms with Gasteiger partial charge in [0.1, 0.15) is 16.9 Å². The lowest BCUT2D eigenvalue weighted by molar-refractivity contribution is 0.585. The Kier molecular flexibility index (Phi) is 4.42. The number of para-hydroxylation sites is 1. The molecule has 0 aliphatic heterocycles. The van der Waals surface area contributed by atoms with Crippen LogP contribution in [0, 0.1) is 0 Å². The number of aromatic nitrogens is 2. The van der Waals surface area contributed by atoms with E-state index in [9.17, 15) is 4.79 Å². The van der Waals surface area contributed by atoms with E-state index in [4.69, 9.17) is 4.42 Å². The summed E-state index contributed by atoms with van der Waals surface area (Å²) in [7, 11) is 0. The van der Waals surface area contributed by atoms with Gasteiger partial charge in [-0.1, -0.05) is 72.8 Å². The van der Waals surface area contributed by atoms with E-state index < -0.39 is 0 Å². The molecule has 0 aliphatic carbocycles. The Labute approximate surface area is 167 Å². The quantitative estimate of drug-likeness (QED) is 0.469. The van der Waals surface area contributed by atoms with Crippen molar-refractivity contribution in [2.24, 2.45) is 0 Å². The SMILES string of the molecule is O=c1[nH]c(CNC(c2ccccc2)c2ccccc2)nc2c1oc1ccccc12. The standard InChI is InChI=1S/C24H19N3O2/c28-24-23-22(18-13-7-8-14-19(18)29-23)26-20(27-24)15-25-21(16-9-3-1-4-10-16)17-11-5-2-6-12-17/h1-14,21,25H,15H2,(H,26,27,28). The molecule has 3 aromatic carbocycles. The van der Waals surface area contributed by atoms with Crippen LogP contribution in [0.4, 0.5) is 0 Å². The summed E-state index contributed by atoms with van der Waals surface area (Å²) in [6.07, 6.45) is 0. The van der Waals surface area contributed by atoms with Crippen LogP contribution in [0.5, 0.6) is 0 Å². The molecule has 2 N–H and O–H groups in total. The van der Waals surface area contributed by atoms with Crippen LogP contribution in [0.15, 0.2) is 94.1 Å². The normalized spacial score (nSPS) is 11.5. The second-order valence-electron chi connectivity index (χ2n) is 6.92. The van der Waals surface area contributed by atoms with E-state index >= 15 is 0 Å². The summed E-state index contributed by atoms with van der Waals surface area (Å²) in [5.74, 6) is 0.575. The van der Waals surface area contributed by atoms with E-state index in [1.807, 2.05) is 60.7 Å². The lowest BCUT2D eigenvalue weighted by Crippen LogP contribution is -2.24. The van der Waals surface area contributed by atoms with Crippen molar-refractivity contribution >= 4 is 22.1 Å². The molecule has 0 unspecified atom stereocenters. The number of hydrogen-bond donors (Lipinski definition) is 2. The van der Waals surface area contributed by atoms with E-state index in [-0.39, 0.29) is 17.2 Å². The first-order valence-corrected chi connectivity index (χ1v) is 9.53. The summed E-state index contributed by atoms with van der Waals surface area (Å²) < 4.78 is 5.68. The van der Waals surface area contributed by atoms with Crippen LogP contribution in [0.2, 0.25) is 0 Å². The molecule has 0 amide bonds. The van der Waals surface area contributed by atoms with Gasteiger partial charge in [-0.2, -0.15) is 0 Å². The fraction of sp³-hybridized carbons (Fsp3) is 0.0833. The van der Waals surface area contributed by atoms with Crippen LogP contribution < -0.4 is 10.9 Å². The molecular formula is C24H19N3O2. The highest BCUT2D eigenvalue weighted by Gasteiger charge is 2.16. The zero-order valence-corrected chi connectivity index (χ0v) is 15.6. The Hall–Kier alpha value is -3.70. The molecule has 0 spiro atoms. The minimum Gasteiger partial charge on any atom is -0.449 e. The van der Waals surface area contributed by atoms with E-state index in [2.05, 4.69) is 39.6 Å². The Morgan fingerprint density at radius 3 is 2.17 bits per heavy atom. The van der Waals surface area contributed by atoms with Gasteiger partial charge in [0.15, 0.2) is 0 Å². The molecule has 2 aromatic heterocycles.